The van der Waals surface area contributed by atoms with Crippen molar-refractivity contribution in [3.63, 3.8) is 0 Å². The van der Waals surface area contributed by atoms with Gasteiger partial charge in [-0.25, -0.2) is 0 Å². The molecule has 2 rings (SSSR count). The predicted molar refractivity (Wildman–Crippen MR) is 74.9 cm³/mol. The Labute approximate surface area is 108 Å². The van der Waals surface area contributed by atoms with E-state index in [-0.39, 0.29) is 4.75 Å². The number of thioether (sulfide) groups is 1. The van der Waals surface area contributed by atoms with Gasteiger partial charge < -0.3 is 10.5 Å². The molecule has 2 N–H and O–H groups in total. The average molecular weight is 251 g/mol. The fourth-order valence-corrected chi connectivity index (χ4v) is 3.91. The van der Waals surface area contributed by atoms with Gasteiger partial charge in [-0.3, -0.25) is 0 Å². The Hall–Kier alpha value is -0.670. The molecule has 1 aliphatic heterocycles. The molecule has 1 aliphatic rings. The normalized spacial score (nSPS) is 23.9. The maximum Gasteiger partial charge on any atom is 0.122 e. The largest absolute Gasteiger partial charge is 0.496 e. The summed E-state index contributed by atoms with van der Waals surface area (Å²) in [4.78, 5) is 0. The van der Waals surface area contributed by atoms with Gasteiger partial charge in [0.25, 0.3) is 0 Å². The Morgan fingerprint density at radius 2 is 2.29 bits per heavy atom. The van der Waals surface area contributed by atoms with E-state index in [4.69, 9.17) is 10.5 Å². The molecule has 94 valence electrons. The third-order valence-electron chi connectivity index (χ3n) is 3.51. The summed E-state index contributed by atoms with van der Waals surface area (Å²) in [7, 11) is 1.74. The van der Waals surface area contributed by atoms with E-state index in [1.807, 2.05) is 11.8 Å². The molecule has 0 amide bonds. The Morgan fingerprint density at radius 1 is 1.47 bits per heavy atom. The van der Waals surface area contributed by atoms with Crippen molar-refractivity contribution in [1.82, 2.24) is 0 Å². The second kappa shape index (κ2) is 5.32. The molecule has 0 aromatic heterocycles. The second-order valence-electron chi connectivity index (χ2n) is 4.83. The zero-order valence-electron chi connectivity index (χ0n) is 10.7. The first-order valence-electron chi connectivity index (χ1n) is 6.17. The summed E-state index contributed by atoms with van der Waals surface area (Å²) >= 11 is 2.03. The summed E-state index contributed by atoms with van der Waals surface area (Å²) in [5.41, 5.74) is 8.57. The number of nitrogens with two attached hydrogens (primary N) is 1. The van der Waals surface area contributed by atoms with E-state index in [1.165, 1.54) is 29.7 Å². The van der Waals surface area contributed by atoms with Crippen LogP contribution >= 0.6 is 11.8 Å². The van der Waals surface area contributed by atoms with Gasteiger partial charge in [-0.2, -0.15) is 11.8 Å². The Morgan fingerprint density at radius 3 is 2.88 bits per heavy atom. The lowest BCUT2D eigenvalue weighted by Gasteiger charge is -2.27. The lowest BCUT2D eigenvalue weighted by atomic mass is 9.93. The van der Waals surface area contributed by atoms with Crippen LogP contribution in [0.1, 0.15) is 24.0 Å². The van der Waals surface area contributed by atoms with Crippen LogP contribution in [0.4, 0.5) is 0 Å². The van der Waals surface area contributed by atoms with Crippen molar-refractivity contribution in [3.8, 4) is 5.75 Å². The number of benzene rings is 1. The van der Waals surface area contributed by atoms with Gasteiger partial charge in [0.1, 0.15) is 5.75 Å². The Balaban J connectivity index is 2.24. The van der Waals surface area contributed by atoms with Crippen molar-refractivity contribution in [3.05, 3.63) is 29.3 Å². The van der Waals surface area contributed by atoms with Gasteiger partial charge in [0.15, 0.2) is 0 Å². The molecular formula is C14H21NOS. The minimum absolute atomic E-state index is 0.237. The third-order valence-corrected chi connectivity index (χ3v) is 5.13. The maximum atomic E-state index is 5.98. The van der Waals surface area contributed by atoms with E-state index in [9.17, 15) is 0 Å². The monoisotopic (exact) mass is 251 g/mol. The number of hydrogen-bond acceptors (Lipinski definition) is 3. The second-order valence-corrected chi connectivity index (χ2v) is 6.39. The van der Waals surface area contributed by atoms with Crippen molar-refractivity contribution in [2.45, 2.75) is 30.9 Å². The molecule has 1 unspecified atom stereocenters. The van der Waals surface area contributed by atoms with Crippen LogP contribution in [0.5, 0.6) is 5.75 Å². The molecule has 0 radical (unpaired) electrons. The first-order valence-corrected chi connectivity index (χ1v) is 7.15. The Kier molecular flexibility index (Phi) is 4.00. The smallest absolute Gasteiger partial charge is 0.122 e. The molecule has 1 saturated heterocycles. The molecule has 1 aromatic carbocycles. The van der Waals surface area contributed by atoms with Crippen molar-refractivity contribution in [2.24, 2.45) is 5.73 Å². The van der Waals surface area contributed by atoms with Gasteiger partial charge in [-0.05, 0) is 43.6 Å². The quantitative estimate of drug-likeness (QED) is 0.893. The van der Waals surface area contributed by atoms with Gasteiger partial charge in [0.2, 0.25) is 0 Å². The minimum atomic E-state index is 0.237. The van der Waals surface area contributed by atoms with Crippen LogP contribution in [0.3, 0.4) is 0 Å². The topological polar surface area (TPSA) is 35.2 Å². The van der Waals surface area contributed by atoms with Crippen LogP contribution in [-0.4, -0.2) is 24.2 Å². The van der Waals surface area contributed by atoms with Crippen molar-refractivity contribution in [1.29, 1.82) is 0 Å². The zero-order valence-corrected chi connectivity index (χ0v) is 11.5. The van der Waals surface area contributed by atoms with Crippen LogP contribution in [-0.2, 0) is 6.42 Å². The standard InChI is InChI=1S/C14H21NOS/c1-11-4-5-13(16-2)12(8-11)9-14(10-15)6-3-7-17-14/h4-5,8H,3,6-7,9-10,15H2,1-2H3. The minimum Gasteiger partial charge on any atom is -0.496 e. The highest BCUT2D eigenvalue weighted by atomic mass is 32.2. The van der Waals surface area contributed by atoms with Crippen LogP contribution in [0.2, 0.25) is 0 Å². The highest BCUT2D eigenvalue weighted by Crippen LogP contribution is 2.41. The highest BCUT2D eigenvalue weighted by molar-refractivity contribution is 8.00. The summed E-state index contributed by atoms with van der Waals surface area (Å²) in [6, 6.07) is 6.39. The van der Waals surface area contributed by atoms with Crippen LogP contribution in [0.25, 0.3) is 0 Å². The molecule has 0 aliphatic carbocycles. The molecule has 0 bridgehead atoms. The SMILES string of the molecule is COc1ccc(C)cc1CC1(CN)CCCS1. The number of hydrogen-bond donors (Lipinski definition) is 1. The first kappa shape index (κ1) is 12.8. The average Bonchev–Trinajstić information content (AvgIpc) is 2.79. The summed E-state index contributed by atoms with van der Waals surface area (Å²) in [6.45, 7) is 2.88. The van der Waals surface area contributed by atoms with E-state index in [2.05, 4.69) is 25.1 Å². The van der Waals surface area contributed by atoms with Crippen LogP contribution in [0, 0.1) is 6.92 Å². The molecule has 0 saturated carbocycles. The van der Waals surface area contributed by atoms with Gasteiger partial charge in [0, 0.05) is 11.3 Å². The first-order chi connectivity index (χ1) is 8.19. The Bertz CT molecular complexity index is 386. The van der Waals surface area contributed by atoms with E-state index < -0.39 is 0 Å². The van der Waals surface area contributed by atoms with E-state index >= 15 is 0 Å². The summed E-state index contributed by atoms with van der Waals surface area (Å²) in [5, 5.41) is 0. The van der Waals surface area contributed by atoms with Gasteiger partial charge in [-0.1, -0.05) is 17.7 Å². The van der Waals surface area contributed by atoms with Crippen LogP contribution in [0.15, 0.2) is 18.2 Å². The molecule has 1 atom stereocenters. The van der Waals surface area contributed by atoms with Crippen molar-refractivity contribution < 1.29 is 4.74 Å². The maximum absolute atomic E-state index is 5.98. The fraction of sp³-hybridized carbons (Fsp3) is 0.571. The lowest BCUT2D eigenvalue weighted by Crippen LogP contribution is -2.34. The van der Waals surface area contributed by atoms with Crippen LogP contribution < -0.4 is 10.5 Å². The molecule has 1 heterocycles. The van der Waals surface area contributed by atoms with Gasteiger partial charge >= 0.3 is 0 Å². The number of aryl methyl sites for hydroxylation is 1. The molecule has 2 nitrogen and oxygen atoms in total. The molecular weight excluding hydrogens is 230 g/mol. The van der Waals surface area contributed by atoms with Gasteiger partial charge in [-0.15, -0.1) is 0 Å². The molecule has 17 heavy (non-hydrogen) atoms. The zero-order chi connectivity index (χ0) is 12.3. The van der Waals surface area contributed by atoms with E-state index in [0.717, 1.165) is 18.7 Å². The van der Waals surface area contributed by atoms with E-state index in [1.54, 1.807) is 7.11 Å². The fourth-order valence-electron chi connectivity index (χ4n) is 2.52. The van der Waals surface area contributed by atoms with Crippen molar-refractivity contribution in [2.75, 3.05) is 19.4 Å². The number of ether oxygens (including phenoxy) is 1. The predicted octanol–water partition coefficient (Wildman–Crippen LogP) is 2.77. The number of methoxy groups -OCH3 is 1. The van der Waals surface area contributed by atoms with Crippen molar-refractivity contribution >= 4 is 11.8 Å². The number of rotatable bonds is 4. The summed E-state index contributed by atoms with van der Waals surface area (Å²) in [5.74, 6) is 2.24. The molecule has 0 spiro atoms. The summed E-state index contributed by atoms with van der Waals surface area (Å²) in [6.07, 6.45) is 3.54. The third kappa shape index (κ3) is 2.78. The highest BCUT2D eigenvalue weighted by Gasteiger charge is 2.34. The van der Waals surface area contributed by atoms with E-state index in [0.29, 0.717) is 0 Å². The molecule has 1 fully saturated rings. The molecule has 1 aromatic rings. The summed E-state index contributed by atoms with van der Waals surface area (Å²) < 4.78 is 5.69. The lowest BCUT2D eigenvalue weighted by molar-refractivity contribution is 0.406. The molecule has 3 heteroatoms. The van der Waals surface area contributed by atoms with Gasteiger partial charge in [0.05, 0.1) is 7.11 Å².